The van der Waals surface area contributed by atoms with Gasteiger partial charge in [0.25, 0.3) is 16.8 Å². The lowest BCUT2D eigenvalue weighted by Crippen LogP contribution is -2.36. The summed E-state index contributed by atoms with van der Waals surface area (Å²) in [7, 11) is 0. The number of carbonyl (C=O) groups is 3. The Hall–Kier alpha value is -3.45. The molecule has 0 saturated carbocycles. The number of halogens is 1. The number of nitrogens with zero attached hydrogens (tertiary/aromatic N) is 2. The summed E-state index contributed by atoms with van der Waals surface area (Å²) in [5, 5.41) is 13.3. The number of imide groups is 1. The number of carbonyl (C=O) groups excluding carboxylic acids is 3. The minimum absolute atomic E-state index is 0.0885. The number of anilines is 1. The first-order valence-electron chi connectivity index (χ1n) is 9.46. The van der Waals surface area contributed by atoms with Gasteiger partial charge in [-0.3, -0.25) is 29.4 Å². The molecule has 1 aliphatic heterocycles. The normalized spacial score (nSPS) is 14.7. The van der Waals surface area contributed by atoms with Crippen molar-refractivity contribution in [2.24, 2.45) is 0 Å². The molecule has 9 nitrogen and oxygen atoms in total. The van der Waals surface area contributed by atoms with Crippen molar-refractivity contribution in [3.8, 4) is 11.3 Å². The van der Waals surface area contributed by atoms with Gasteiger partial charge in [0.05, 0.1) is 15.4 Å². The third-order valence-corrected chi connectivity index (χ3v) is 6.20. The Morgan fingerprint density at radius 3 is 2.58 bits per heavy atom. The second-order valence-corrected chi connectivity index (χ2v) is 9.04. The molecule has 1 aromatic heterocycles. The van der Waals surface area contributed by atoms with E-state index in [1.165, 1.54) is 12.1 Å². The molecule has 3 aromatic rings. The SMILES string of the molecule is O=C(CN1C(=O)S/C(=C/c2ccc(-c3ccccc3[N+](=O)[O-])o2)C1=O)Nc1ccc(I)cc1. The number of nitrogens with one attached hydrogen (secondary N) is 1. The van der Waals surface area contributed by atoms with Crippen molar-refractivity contribution >= 4 is 68.9 Å². The van der Waals surface area contributed by atoms with Crippen LogP contribution in [0.3, 0.4) is 0 Å². The molecule has 1 aliphatic rings. The summed E-state index contributed by atoms with van der Waals surface area (Å²) in [6, 6.07) is 16.3. The fraction of sp³-hybridized carbons (Fsp3) is 0.0455. The fourth-order valence-corrected chi connectivity index (χ4v) is 4.24. The van der Waals surface area contributed by atoms with E-state index in [1.807, 2.05) is 12.1 Å². The number of amides is 3. The summed E-state index contributed by atoms with van der Waals surface area (Å²) in [4.78, 5) is 48.9. The molecule has 1 fully saturated rings. The quantitative estimate of drug-likeness (QED) is 0.187. The second-order valence-electron chi connectivity index (χ2n) is 6.80. The lowest BCUT2D eigenvalue weighted by Gasteiger charge is -2.12. The highest BCUT2D eigenvalue weighted by molar-refractivity contribution is 14.1. The van der Waals surface area contributed by atoms with E-state index in [1.54, 1.807) is 42.5 Å². The van der Waals surface area contributed by atoms with Crippen LogP contribution in [0.2, 0.25) is 0 Å². The Balaban J connectivity index is 1.48. The zero-order chi connectivity index (χ0) is 23.5. The van der Waals surface area contributed by atoms with Crippen LogP contribution in [0.5, 0.6) is 0 Å². The van der Waals surface area contributed by atoms with Gasteiger partial charge in [0.1, 0.15) is 18.1 Å². The van der Waals surface area contributed by atoms with Gasteiger partial charge in [0, 0.05) is 21.4 Å². The molecule has 11 heteroatoms. The van der Waals surface area contributed by atoms with Crippen LogP contribution in [-0.4, -0.2) is 33.4 Å². The molecule has 2 aromatic carbocycles. The van der Waals surface area contributed by atoms with E-state index in [4.69, 9.17) is 4.42 Å². The summed E-state index contributed by atoms with van der Waals surface area (Å²) in [6.07, 6.45) is 1.38. The van der Waals surface area contributed by atoms with E-state index in [9.17, 15) is 24.5 Å². The van der Waals surface area contributed by atoms with Gasteiger partial charge >= 0.3 is 0 Å². The van der Waals surface area contributed by atoms with Crippen molar-refractivity contribution in [2.45, 2.75) is 0 Å². The van der Waals surface area contributed by atoms with E-state index >= 15 is 0 Å². The summed E-state index contributed by atoms with van der Waals surface area (Å²) < 4.78 is 6.66. The van der Waals surface area contributed by atoms with Crippen molar-refractivity contribution in [1.29, 1.82) is 0 Å². The van der Waals surface area contributed by atoms with Crippen LogP contribution in [0.4, 0.5) is 16.2 Å². The van der Waals surface area contributed by atoms with Crippen LogP contribution in [-0.2, 0) is 9.59 Å². The van der Waals surface area contributed by atoms with Crippen molar-refractivity contribution in [3.63, 3.8) is 0 Å². The van der Waals surface area contributed by atoms with Gasteiger partial charge < -0.3 is 9.73 Å². The third-order valence-electron chi connectivity index (χ3n) is 4.57. The van der Waals surface area contributed by atoms with Crippen LogP contribution >= 0.6 is 34.4 Å². The lowest BCUT2D eigenvalue weighted by molar-refractivity contribution is -0.384. The molecule has 166 valence electrons. The standard InChI is InChI=1S/C22H14IN3O6S/c23-13-5-7-14(8-6-13)24-20(27)12-25-21(28)19(33-22(25)29)11-15-9-10-18(32-15)16-3-1-2-4-17(16)26(30)31/h1-11H,12H2,(H,24,27)/b19-11+. The maximum Gasteiger partial charge on any atom is 0.294 e. The first kappa shape index (κ1) is 22.7. The third kappa shape index (κ3) is 5.14. The van der Waals surface area contributed by atoms with Crippen LogP contribution in [0.15, 0.2) is 70.0 Å². The van der Waals surface area contributed by atoms with Gasteiger partial charge in [0.2, 0.25) is 5.91 Å². The van der Waals surface area contributed by atoms with Gasteiger partial charge in [-0.1, -0.05) is 12.1 Å². The molecule has 0 radical (unpaired) electrons. The Bertz CT molecular complexity index is 1300. The largest absolute Gasteiger partial charge is 0.456 e. The monoisotopic (exact) mass is 575 g/mol. The van der Waals surface area contributed by atoms with Crippen molar-refractivity contribution in [1.82, 2.24) is 4.90 Å². The van der Waals surface area contributed by atoms with Crippen molar-refractivity contribution in [2.75, 3.05) is 11.9 Å². The highest BCUT2D eigenvalue weighted by Gasteiger charge is 2.36. The molecular weight excluding hydrogens is 561 g/mol. The molecule has 0 atom stereocenters. The van der Waals surface area contributed by atoms with E-state index in [0.717, 1.165) is 8.47 Å². The summed E-state index contributed by atoms with van der Waals surface area (Å²) in [5.74, 6) is -0.621. The minimum atomic E-state index is -0.619. The highest BCUT2D eigenvalue weighted by Crippen LogP contribution is 2.35. The van der Waals surface area contributed by atoms with Crippen LogP contribution in [0.25, 0.3) is 17.4 Å². The van der Waals surface area contributed by atoms with Gasteiger partial charge in [0.15, 0.2) is 0 Å². The fourth-order valence-electron chi connectivity index (χ4n) is 3.06. The topological polar surface area (TPSA) is 123 Å². The first-order valence-corrected chi connectivity index (χ1v) is 11.4. The lowest BCUT2D eigenvalue weighted by atomic mass is 10.1. The predicted molar refractivity (Wildman–Crippen MR) is 131 cm³/mol. The summed E-state index contributed by atoms with van der Waals surface area (Å²) in [6.45, 7) is -0.423. The molecular formula is C22H14IN3O6S. The van der Waals surface area contributed by atoms with Gasteiger partial charge in [-0.25, -0.2) is 0 Å². The van der Waals surface area contributed by atoms with Crippen molar-refractivity contribution < 1.29 is 23.7 Å². The summed E-state index contributed by atoms with van der Waals surface area (Å²) in [5.41, 5.74) is 0.737. The molecule has 1 saturated heterocycles. The number of para-hydroxylation sites is 1. The average molecular weight is 575 g/mol. The molecule has 0 unspecified atom stereocenters. The highest BCUT2D eigenvalue weighted by atomic mass is 127. The first-order chi connectivity index (χ1) is 15.8. The number of rotatable bonds is 6. The van der Waals surface area contributed by atoms with Crippen LogP contribution in [0, 0.1) is 13.7 Å². The molecule has 0 aliphatic carbocycles. The number of nitro benzene ring substituents is 1. The molecule has 1 N–H and O–H groups in total. The maximum absolute atomic E-state index is 12.7. The second kappa shape index (κ2) is 9.58. The number of hydrogen-bond donors (Lipinski definition) is 1. The molecule has 4 rings (SSSR count). The zero-order valence-corrected chi connectivity index (χ0v) is 19.7. The number of benzene rings is 2. The van der Waals surface area contributed by atoms with E-state index in [-0.39, 0.29) is 22.1 Å². The number of furan rings is 1. The molecule has 3 amide bonds. The van der Waals surface area contributed by atoms with Crippen LogP contribution < -0.4 is 5.32 Å². The number of thioether (sulfide) groups is 1. The summed E-state index contributed by atoms with van der Waals surface area (Å²) >= 11 is 2.83. The van der Waals surface area contributed by atoms with Crippen molar-refractivity contribution in [3.05, 3.63) is 85.0 Å². The van der Waals surface area contributed by atoms with Gasteiger partial charge in [-0.15, -0.1) is 0 Å². The number of hydrogen-bond acceptors (Lipinski definition) is 7. The molecule has 2 heterocycles. The van der Waals surface area contributed by atoms with E-state index < -0.39 is 28.5 Å². The Morgan fingerprint density at radius 1 is 1.12 bits per heavy atom. The smallest absolute Gasteiger partial charge is 0.294 e. The molecule has 0 spiro atoms. The Labute approximate surface area is 205 Å². The van der Waals surface area contributed by atoms with Gasteiger partial charge in [-0.05, 0) is 76.8 Å². The van der Waals surface area contributed by atoms with E-state index in [0.29, 0.717) is 23.0 Å². The Kier molecular flexibility index (Phi) is 6.60. The number of nitro groups is 1. The predicted octanol–water partition coefficient (Wildman–Crippen LogP) is 5.13. The van der Waals surface area contributed by atoms with Crippen LogP contribution in [0.1, 0.15) is 5.76 Å². The minimum Gasteiger partial charge on any atom is -0.456 e. The van der Waals surface area contributed by atoms with Gasteiger partial charge in [-0.2, -0.15) is 0 Å². The average Bonchev–Trinajstić information content (AvgIpc) is 3.35. The molecule has 33 heavy (non-hydrogen) atoms. The Morgan fingerprint density at radius 2 is 1.85 bits per heavy atom. The molecule has 0 bridgehead atoms. The zero-order valence-electron chi connectivity index (χ0n) is 16.7. The van der Waals surface area contributed by atoms with E-state index in [2.05, 4.69) is 27.9 Å². The maximum atomic E-state index is 12.7.